The first-order valence-electron chi connectivity index (χ1n) is 10.2. The Kier molecular flexibility index (Phi) is 7.26. The summed E-state index contributed by atoms with van der Waals surface area (Å²) in [6, 6.07) is 1.41. The summed E-state index contributed by atoms with van der Waals surface area (Å²) in [6.45, 7) is 1.23. The lowest BCUT2D eigenvalue weighted by Crippen LogP contribution is -2.56. The first-order chi connectivity index (χ1) is 15.7. The fourth-order valence-corrected chi connectivity index (χ4v) is 3.59. The summed E-state index contributed by atoms with van der Waals surface area (Å²) in [6.07, 6.45) is -0.447. The number of aromatic nitrogens is 1. The first kappa shape index (κ1) is 23.7. The monoisotopic (exact) mass is 460 g/mol. The fraction of sp³-hybridized carbons (Fsp3) is 0.429. The van der Waals surface area contributed by atoms with Gasteiger partial charge in [-0.1, -0.05) is 12.1 Å². The highest BCUT2D eigenvalue weighted by molar-refractivity contribution is 5.95. The van der Waals surface area contributed by atoms with Gasteiger partial charge in [-0.3, -0.25) is 19.2 Å². The number of aryl methyl sites for hydroxylation is 1. The Balaban J connectivity index is 2.05. The quantitative estimate of drug-likeness (QED) is 0.435. The van der Waals surface area contributed by atoms with Crippen molar-refractivity contribution in [2.24, 2.45) is 0 Å². The van der Waals surface area contributed by atoms with Crippen molar-refractivity contribution in [1.29, 1.82) is 0 Å². The third-order valence-corrected chi connectivity index (χ3v) is 5.13. The predicted octanol–water partition coefficient (Wildman–Crippen LogP) is -0.561. The largest absolute Gasteiger partial charge is 0.481 e. The van der Waals surface area contributed by atoms with Gasteiger partial charge in [0.1, 0.15) is 23.6 Å². The highest BCUT2D eigenvalue weighted by atomic mass is 16.5. The van der Waals surface area contributed by atoms with Crippen molar-refractivity contribution in [3.05, 3.63) is 29.7 Å². The van der Waals surface area contributed by atoms with Crippen LogP contribution in [0.1, 0.15) is 31.2 Å². The number of rotatable bonds is 4. The number of nitrogens with one attached hydrogen (secondary N) is 3. The Labute approximate surface area is 188 Å². The number of aliphatic carboxylic acids is 1. The van der Waals surface area contributed by atoms with Gasteiger partial charge in [0.05, 0.1) is 13.5 Å². The van der Waals surface area contributed by atoms with E-state index in [4.69, 9.17) is 9.15 Å². The lowest BCUT2D eigenvalue weighted by molar-refractivity contribution is -0.146. The number of methoxy groups -OCH3 is 1. The van der Waals surface area contributed by atoms with Crippen LogP contribution in [0.4, 0.5) is 0 Å². The molecule has 33 heavy (non-hydrogen) atoms. The van der Waals surface area contributed by atoms with Gasteiger partial charge in [-0.05, 0) is 18.1 Å². The molecule has 0 saturated heterocycles. The molecule has 2 bridgehead atoms. The number of carboxylic acids is 1. The van der Waals surface area contributed by atoms with Crippen LogP contribution in [0, 0.1) is 0 Å². The van der Waals surface area contributed by atoms with Gasteiger partial charge in [0.15, 0.2) is 11.5 Å². The number of hydrogen-bond acceptors (Lipinski definition) is 8. The van der Waals surface area contributed by atoms with Gasteiger partial charge in [0.2, 0.25) is 17.7 Å². The summed E-state index contributed by atoms with van der Waals surface area (Å²) in [7, 11) is 1.15. The number of carbonyl (C=O) groups is 5. The Morgan fingerprint density at radius 2 is 2.00 bits per heavy atom. The number of esters is 1. The standard InChI is InChI=1S/C21H24N4O8/c1-10(26)22-13-8-11-4-3-5-15-18(11)25-16(33-15)7-6-12(21(31)32-2)23-20(30)14(9-17(27)28)24-19(13)29/h3-5,12-14H,6-9H2,1-2H3,(H,22,26)(H,23,30)(H,24,29)(H,27,28)/t12-,13-,14-/m0/s1. The maximum absolute atomic E-state index is 13.0. The molecule has 1 aromatic heterocycles. The van der Waals surface area contributed by atoms with Gasteiger partial charge in [0, 0.05) is 19.8 Å². The second kappa shape index (κ2) is 10.1. The number of hydrogen-bond donors (Lipinski definition) is 4. The van der Waals surface area contributed by atoms with Gasteiger partial charge in [-0.15, -0.1) is 0 Å². The van der Waals surface area contributed by atoms with Crippen LogP contribution in [0.2, 0.25) is 0 Å². The van der Waals surface area contributed by atoms with Gasteiger partial charge in [-0.2, -0.15) is 0 Å². The normalized spacial score (nSPS) is 21.6. The molecular weight excluding hydrogens is 436 g/mol. The van der Waals surface area contributed by atoms with Crippen LogP contribution in [0.3, 0.4) is 0 Å². The molecule has 1 aliphatic heterocycles. The fourth-order valence-electron chi connectivity index (χ4n) is 3.59. The Morgan fingerprint density at radius 3 is 2.67 bits per heavy atom. The molecule has 176 valence electrons. The van der Waals surface area contributed by atoms with E-state index in [1.165, 1.54) is 6.92 Å². The summed E-state index contributed by atoms with van der Waals surface area (Å²) in [4.78, 5) is 65.5. The van der Waals surface area contributed by atoms with Crippen molar-refractivity contribution in [1.82, 2.24) is 20.9 Å². The van der Waals surface area contributed by atoms with Crippen LogP contribution in [0.5, 0.6) is 0 Å². The lowest BCUT2D eigenvalue weighted by atomic mass is 10.0. The molecule has 0 unspecified atom stereocenters. The second-order valence-corrected chi connectivity index (χ2v) is 7.61. The molecule has 2 aromatic rings. The molecule has 0 fully saturated rings. The maximum atomic E-state index is 13.0. The number of para-hydroxylation sites is 1. The van der Waals surface area contributed by atoms with Gasteiger partial charge < -0.3 is 30.2 Å². The molecule has 3 atom stereocenters. The molecule has 4 N–H and O–H groups in total. The zero-order chi connectivity index (χ0) is 24.1. The van der Waals surface area contributed by atoms with Crippen LogP contribution in [-0.2, 0) is 41.6 Å². The molecule has 12 nitrogen and oxygen atoms in total. The van der Waals surface area contributed by atoms with Crippen molar-refractivity contribution in [3.8, 4) is 0 Å². The van der Waals surface area contributed by atoms with Gasteiger partial charge in [-0.25, -0.2) is 9.78 Å². The molecule has 0 spiro atoms. The van der Waals surface area contributed by atoms with E-state index in [1.807, 2.05) is 0 Å². The van der Waals surface area contributed by atoms with E-state index in [1.54, 1.807) is 18.2 Å². The molecule has 2 heterocycles. The molecule has 0 radical (unpaired) electrons. The summed E-state index contributed by atoms with van der Waals surface area (Å²) in [5.74, 6) is -3.91. The van der Waals surface area contributed by atoms with E-state index >= 15 is 0 Å². The number of carbonyl (C=O) groups excluding carboxylic acids is 4. The molecule has 1 aliphatic rings. The van der Waals surface area contributed by atoms with E-state index in [0.29, 0.717) is 22.6 Å². The average Bonchev–Trinajstić information content (AvgIpc) is 3.17. The van der Waals surface area contributed by atoms with Crippen LogP contribution in [0.15, 0.2) is 22.6 Å². The van der Waals surface area contributed by atoms with Crippen molar-refractivity contribution in [3.63, 3.8) is 0 Å². The molecular formula is C21H24N4O8. The minimum absolute atomic E-state index is 0.0287. The number of nitrogens with zero attached hydrogens (tertiary/aromatic N) is 1. The van der Waals surface area contributed by atoms with E-state index in [2.05, 4.69) is 20.9 Å². The molecule has 3 amide bonds. The van der Waals surface area contributed by atoms with E-state index < -0.39 is 54.2 Å². The van der Waals surface area contributed by atoms with Crippen LogP contribution in [0.25, 0.3) is 11.1 Å². The van der Waals surface area contributed by atoms with Crippen LogP contribution >= 0.6 is 0 Å². The number of carboxylic acid groups (broad SMARTS) is 1. The van der Waals surface area contributed by atoms with E-state index in [-0.39, 0.29) is 19.3 Å². The summed E-state index contributed by atoms with van der Waals surface area (Å²) in [5.41, 5.74) is 1.56. The lowest BCUT2D eigenvalue weighted by Gasteiger charge is -2.24. The number of fused-ring (bicyclic) bond motifs is 1. The SMILES string of the molecule is COC(=O)[C@@H]1CCc2nc3c(cccc3o2)C[C@H](NC(C)=O)C(=O)N[C@@H](CC(=O)O)C(=O)N1. The van der Waals surface area contributed by atoms with Crippen molar-refractivity contribution in [2.45, 2.75) is 50.7 Å². The zero-order valence-electron chi connectivity index (χ0n) is 18.0. The zero-order valence-corrected chi connectivity index (χ0v) is 18.0. The number of amides is 3. The number of benzene rings is 1. The minimum Gasteiger partial charge on any atom is -0.481 e. The molecule has 0 aliphatic carbocycles. The highest BCUT2D eigenvalue weighted by Crippen LogP contribution is 2.22. The average molecular weight is 460 g/mol. The topological polar surface area (TPSA) is 177 Å². The smallest absolute Gasteiger partial charge is 0.328 e. The van der Waals surface area contributed by atoms with E-state index in [0.717, 1.165) is 7.11 Å². The van der Waals surface area contributed by atoms with E-state index in [9.17, 15) is 29.1 Å². The summed E-state index contributed by atoms with van der Waals surface area (Å²) < 4.78 is 10.5. The summed E-state index contributed by atoms with van der Waals surface area (Å²) >= 11 is 0. The second-order valence-electron chi connectivity index (χ2n) is 7.61. The first-order valence-corrected chi connectivity index (χ1v) is 10.2. The third-order valence-electron chi connectivity index (χ3n) is 5.13. The van der Waals surface area contributed by atoms with Gasteiger partial charge >= 0.3 is 11.9 Å². The Morgan fingerprint density at radius 1 is 1.24 bits per heavy atom. The van der Waals surface area contributed by atoms with Crippen molar-refractivity contribution in [2.75, 3.05) is 7.11 Å². The van der Waals surface area contributed by atoms with Crippen LogP contribution in [-0.4, -0.2) is 65.0 Å². The Hall–Kier alpha value is -3.96. The highest BCUT2D eigenvalue weighted by Gasteiger charge is 2.32. The van der Waals surface area contributed by atoms with Crippen molar-refractivity contribution < 1.29 is 38.2 Å². The maximum Gasteiger partial charge on any atom is 0.328 e. The number of oxazole rings is 1. The summed E-state index contributed by atoms with van der Waals surface area (Å²) in [5, 5.41) is 16.5. The molecule has 12 heteroatoms. The van der Waals surface area contributed by atoms with Crippen LogP contribution < -0.4 is 16.0 Å². The van der Waals surface area contributed by atoms with Crippen molar-refractivity contribution >= 4 is 40.8 Å². The molecule has 3 rings (SSSR count). The molecule has 0 saturated carbocycles. The number of ether oxygens (including phenoxy) is 1. The predicted molar refractivity (Wildman–Crippen MR) is 112 cm³/mol. The minimum atomic E-state index is -1.48. The molecule has 1 aromatic carbocycles. The van der Waals surface area contributed by atoms with Gasteiger partial charge in [0.25, 0.3) is 0 Å². The Bertz CT molecular complexity index is 1100. The third kappa shape index (κ3) is 5.84.